The van der Waals surface area contributed by atoms with Crippen LogP contribution in [0.5, 0.6) is 0 Å². The van der Waals surface area contributed by atoms with Crippen molar-refractivity contribution in [2.45, 2.75) is 19.4 Å². The van der Waals surface area contributed by atoms with Gasteiger partial charge >= 0.3 is 5.97 Å². The third-order valence-electron chi connectivity index (χ3n) is 2.57. The molecule has 0 bridgehead atoms. The number of esters is 1. The lowest BCUT2D eigenvalue weighted by atomic mass is 10.0. The summed E-state index contributed by atoms with van der Waals surface area (Å²) in [6.07, 6.45) is 0. The van der Waals surface area contributed by atoms with E-state index in [2.05, 4.69) is 10.1 Å². The molecular weight excluding hydrogens is 270 g/mol. The number of carbonyl (C=O) groups excluding carboxylic acids is 2. The van der Waals surface area contributed by atoms with E-state index in [1.54, 1.807) is 13.8 Å². The maximum absolute atomic E-state index is 11.7. The molecule has 5 N–H and O–H groups in total. The standard InChI is InChI=1S/C12H16ClN3O3/c1-12(2,11(15)18)16-9-7(10(17)19-3)4-6(14)5-8(9)13/h4-5,16H,14H2,1-3H3,(H2,15,18). The van der Waals surface area contributed by atoms with Gasteiger partial charge < -0.3 is 21.5 Å². The number of nitrogen functional groups attached to an aromatic ring is 1. The molecule has 0 aliphatic carbocycles. The Morgan fingerprint density at radius 1 is 1.37 bits per heavy atom. The molecule has 1 rings (SSSR count). The van der Waals surface area contributed by atoms with Crippen LogP contribution in [-0.4, -0.2) is 24.5 Å². The lowest BCUT2D eigenvalue weighted by molar-refractivity contribution is -0.121. The van der Waals surface area contributed by atoms with Gasteiger partial charge in [-0.05, 0) is 26.0 Å². The largest absolute Gasteiger partial charge is 0.465 e. The van der Waals surface area contributed by atoms with Crippen molar-refractivity contribution in [1.29, 1.82) is 0 Å². The van der Waals surface area contributed by atoms with Crippen LogP contribution in [0.3, 0.4) is 0 Å². The van der Waals surface area contributed by atoms with Gasteiger partial charge in [-0.1, -0.05) is 11.6 Å². The molecule has 104 valence electrons. The molecular formula is C12H16ClN3O3. The summed E-state index contributed by atoms with van der Waals surface area (Å²) in [6, 6.07) is 2.88. The topological polar surface area (TPSA) is 107 Å². The number of nitrogens with two attached hydrogens (primary N) is 2. The highest BCUT2D eigenvalue weighted by molar-refractivity contribution is 6.34. The number of hydrogen-bond donors (Lipinski definition) is 3. The van der Waals surface area contributed by atoms with Gasteiger partial charge in [0.1, 0.15) is 5.54 Å². The van der Waals surface area contributed by atoms with E-state index in [1.807, 2.05) is 0 Å². The van der Waals surface area contributed by atoms with Gasteiger partial charge in [0.05, 0.1) is 23.4 Å². The first-order valence-corrected chi connectivity index (χ1v) is 5.82. The number of carbonyl (C=O) groups is 2. The lowest BCUT2D eigenvalue weighted by Crippen LogP contribution is -2.45. The lowest BCUT2D eigenvalue weighted by Gasteiger charge is -2.25. The average molecular weight is 286 g/mol. The van der Waals surface area contributed by atoms with E-state index in [9.17, 15) is 9.59 Å². The van der Waals surface area contributed by atoms with Crippen molar-refractivity contribution in [3.8, 4) is 0 Å². The minimum absolute atomic E-state index is 0.141. The van der Waals surface area contributed by atoms with E-state index in [-0.39, 0.29) is 16.3 Å². The number of anilines is 2. The summed E-state index contributed by atoms with van der Waals surface area (Å²) in [7, 11) is 1.24. The summed E-state index contributed by atoms with van der Waals surface area (Å²) < 4.78 is 4.65. The van der Waals surface area contributed by atoms with Gasteiger partial charge in [0.25, 0.3) is 0 Å². The van der Waals surface area contributed by atoms with Crippen LogP contribution in [0.2, 0.25) is 5.02 Å². The molecule has 0 radical (unpaired) electrons. The van der Waals surface area contributed by atoms with Gasteiger partial charge in [0.15, 0.2) is 0 Å². The molecule has 0 saturated carbocycles. The Kier molecular flexibility index (Phi) is 4.26. The number of halogens is 1. The molecule has 1 aromatic carbocycles. The highest BCUT2D eigenvalue weighted by Gasteiger charge is 2.28. The second kappa shape index (κ2) is 5.36. The molecule has 0 atom stereocenters. The summed E-state index contributed by atoms with van der Waals surface area (Å²) in [4.78, 5) is 23.0. The van der Waals surface area contributed by atoms with Gasteiger partial charge in [-0.3, -0.25) is 4.79 Å². The number of rotatable bonds is 4. The molecule has 0 fully saturated rings. The van der Waals surface area contributed by atoms with Crippen molar-refractivity contribution in [3.05, 3.63) is 22.7 Å². The minimum Gasteiger partial charge on any atom is -0.465 e. The van der Waals surface area contributed by atoms with Gasteiger partial charge in [0, 0.05) is 5.69 Å². The Hall–Kier alpha value is -1.95. The summed E-state index contributed by atoms with van der Waals surface area (Å²) in [5.74, 6) is -1.20. The predicted octanol–water partition coefficient (Wildman–Crippen LogP) is 1.38. The second-order valence-corrected chi connectivity index (χ2v) is 4.94. The van der Waals surface area contributed by atoms with Crippen LogP contribution in [0.4, 0.5) is 11.4 Å². The Morgan fingerprint density at radius 2 is 1.95 bits per heavy atom. The molecule has 0 heterocycles. The van der Waals surface area contributed by atoms with E-state index >= 15 is 0 Å². The van der Waals surface area contributed by atoms with Crippen LogP contribution in [-0.2, 0) is 9.53 Å². The molecule has 0 saturated heterocycles. The number of ether oxygens (including phenoxy) is 1. The smallest absolute Gasteiger partial charge is 0.340 e. The zero-order valence-electron chi connectivity index (χ0n) is 10.9. The zero-order chi connectivity index (χ0) is 14.8. The highest BCUT2D eigenvalue weighted by Crippen LogP contribution is 2.32. The number of nitrogens with one attached hydrogen (secondary N) is 1. The molecule has 0 aromatic heterocycles. The molecule has 6 nitrogen and oxygen atoms in total. The minimum atomic E-state index is -1.08. The molecule has 0 spiro atoms. The predicted molar refractivity (Wildman–Crippen MR) is 74.1 cm³/mol. The number of benzene rings is 1. The summed E-state index contributed by atoms with van der Waals surface area (Å²) in [5, 5.41) is 3.04. The Morgan fingerprint density at radius 3 is 2.42 bits per heavy atom. The maximum Gasteiger partial charge on any atom is 0.340 e. The summed E-state index contributed by atoms with van der Waals surface area (Å²) >= 11 is 6.04. The van der Waals surface area contributed by atoms with Crippen LogP contribution in [0, 0.1) is 0 Å². The average Bonchev–Trinajstić information content (AvgIpc) is 2.31. The summed E-state index contributed by atoms with van der Waals surface area (Å²) in [6.45, 7) is 3.14. The molecule has 0 aliphatic heterocycles. The van der Waals surface area contributed by atoms with E-state index < -0.39 is 17.4 Å². The highest BCUT2D eigenvalue weighted by atomic mass is 35.5. The van der Waals surface area contributed by atoms with Crippen LogP contribution in [0.1, 0.15) is 24.2 Å². The number of amides is 1. The van der Waals surface area contributed by atoms with E-state index in [0.29, 0.717) is 5.69 Å². The monoisotopic (exact) mass is 285 g/mol. The fourth-order valence-electron chi connectivity index (χ4n) is 1.40. The van der Waals surface area contributed by atoms with Crippen LogP contribution in [0.15, 0.2) is 12.1 Å². The maximum atomic E-state index is 11.7. The quantitative estimate of drug-likeness (QED) is 0.572. The number of hydrogen-bond acceptors (Lipinski definition) is 5. The molecule has 0 aliphatic rings. The van der Waals surface area contributed by atoms with Crippen molar-refractivity contribution in [2.24, 2.45) is 5.73 Å². The fraction of sp³-hybridized carbons (Fsp3) is 0.333. The van der Waals surface area contributed by atoms with Crippen LogP contribution < -0.4 is 16.8 Å². The van der Waals surface area contributed by atoms with E-state index in [1.165, 1.54) is 19.2 Å². The first-order chi connectivity index (χ1) is 8.69. The zero-order valence-corrected chi connectivity index (χ0v) is 11.7. The van der Waals surface area contributed by atoms with Crippen molar-refractivity contribution < 1.29 is 14.3 Å². The van der Waals surface area contributed by atoms with E-state index in [0.717, 1.165) is 0 Å². The van der Waals surface area contributed by atoms with Crippen LogP contribution >= 0.6 is 11.6 Å². The Balaban J connectivity index is 3.34. The second-order valence-electron chi connectivity index (χ2n) is 4.53. The fourth-order valence-corrected chi connectivity index (χ4v) is 1.67. The van der Waals surface area contributed by atoms with Crippen molar-refractivity contribution in [2.75, 3.05) is 18.2 Å². The van der Waals surface area contributed by atoms with Gasteiger partial charge in [-0.25, -0.2) is 4.79 Å². The molecule has 7 heteroatoms. The van der Waals surface area contributed by atoms with Gasteiger partial charge in [-0.2, -0.15) is 0 Å². The normalized spacial score (nSPS) is 10.9. The van der Waals surface area contributed by atoms with E-state index in [4.69, 9.17) is 23.1 Å². The van der Waals surface area contributed by atoms with Gasteiger partial charge in [0.2, 0.25) is 5.91 Å². The van der Waals surface area contributed by atoms with Crippen molar-refractivity contribution >= 4 is 34.9 Å². The number of primary amides is 1. The molecule has 1 aromatic rings. The van der Waals surface area contributed by atoms with Crippen molar-refractivity contribution in [3.63, 3.8) is 0 Å². The Bertz CT molecular complexity index is 529. The molecule has 0 unspecified atom stereocenters. The number of methoxy groups -OCH3 is 1. The summed E-state index contributed by atoms with van der Waals surface area (Å²) in [5.41, 5.74) is 10.5. The first-order valence-electron chi connectivity index (χ1n) is 5.44. The van der Waals surface area contributed by atoms with Crippen molar-refractivity contribution in [1.82, 2.24) is 0 Å². The third kappa shape index (κ3) is 3.29. The third-order valence-corrected chi connectivity index (χ3v) is 2.87. The molecule has 1 amide bonds. The molecule has 19 heavy (non-hydrogen) atoms. The van der Waals surface area contributed by atoms with Crippen LogP contribution in [0.25, 0.3) is 0 Å². The SMILES string of the molecule is COC(=O)c1cc(N)cc(Cl)c1NC(C)(C)C(N)=O. The first kappa shape index (κ1) is 15.1. The Labute approximate surface area is 116 Å². The van der Waals surface area contributed by atoms with Gasteiger partial charge in [-0.15, -0.1) is 0 Å².